The summed E-state index contributed by atoms with van der Waals surface area (Å²) >= 11 is 0. The van der Waals surface area contributed by atoms with Crippen LogP contribution in [0.1, 0.15) is 61.8 Å². The van der Waals surface area contributed by atoms with Gasteiger partial charge in [-0.15, -0.1) is 0 Å². The highest BCUT2D eigenvalue weighted by Crippen LogP contribution is 2.34. The highest BCUT2D eigenvalue weighted by molar-refractivity contribution is 5.94. The second-order valence-corrected chi connectivity index (χ2v) is 8.44. The topological polar surface area (TPSA) is 28.2 Å². The molecule has 27 heavy (non-hydrogen) atoms. The average molecular weight is 370 g/mol. The van der Waals surface area contributed by atoms with Crippen LogP contribution in [0.15, 0.2) is 12.1 Å². The number of nitrogens with one attached hydrogen (secondary N) is 1. The van der Waals surface area contributed by atoms with Crippen LogP contribution in [-0.2, 0) is 12.8 Å². The van der Waals surface area contributed by atoms with E-state index >= 15 is 0 Å². The van der Waals surface area contributed by atoms with E-state index in [1.54, 1.807) is 6.07 Å². The lowest BCUT2D eigenvalue weighted by Crippen LogP contribution is -2.36. The Morgan fingerprint density at radius 1 is 1.11 bits per heavy atom. The van der Waals surface area contributed by atoms with Crippen LogP contribution in [0.4, 0.5) is 10.1 Å². The van der Waals surface area contributed by atoms with Crippen molar-refractivity contribution in [3.8, 4) is 0 Å². The second-order valence-electron chi connectivity index (χ2n) is 8.44. The maximum atomic E-state index is 14.1. The molecule has 1 heterocycles. The first kappa shape index (κ1) is 18.7. The number of aromatic nitrogens is 1. The molecule has 0 aliphatic heterocycles. The molecule has 1 aromatic carbocycles. The first-order valence-electron chi connectivity index (χ1n) is 10.7. The van der Waals surface area contributed by atoms with Crippen molar-refractivity contribution in [2.75, 3.05) is 25.5 Å². The molecule has 0 radical (unpaired) electrons. The normalized spacial score (nSPS) is 18.1. The van der Waals surface area contributed by atoms with Gasteiger partial charge in [-0.1, -0.05) is 19.3 Å². The molecule has 146 valence electrons. The van der Waals surface area contributed by atoms with E-state index < -0.39 is 0 Å². The Kier molecular flexibility index (Phi) is 5.63. The Balaban J connectivity index is 1.56. The van der Waals surface area contributed by atoms with Crippen molar-refractivity contribution in [3.05, 3.63) is 34.8 Å². The maximum Gasteiger partial charge on any atom is 0.128 e. The molecule has 0 saturated heterocycles. The van der Waals surface area contributed by atoms with Crippen LogP contribution in [0.25, 0.3) is 10.9 Å². The summed E-state index contributed by atoms with van der Waals surface area (Å²) in [7, 11) is 2.26. The Morgan fingerprint density at radius 2 is 1.89 bits per heavy atom. The standard InChI is InChI=1S/C23H32FN3/c1-16-14-19-22(15-20(16)24)26-21-11-7-6-10-18(21)23(19)25-12-13-27(2)17-8-4-3-5-9-17/h14-15,17H,3-13H2,1-2H3,(H,25,26). The number of hydrogen-bond donors (Lipinski definition) is 1. The van der Waals surface area contributed by atoms with E-state index in [0.29, 0.717) is 5.56 Å². The second kappa shape index (κ2) is 8.14. The van der Waals surface area contributed by atoms with Crippen LogP contribution in [0.5, 0.6) is 0 Å². The van der Waals surface area contributed by atoms with Crippen LogP contribution in [0.2, 0.25) is 0 Å². The maximum absolute atomic E-state index is 14.1. The van der Waals surface area contributed by atoms with Gasteiger partial charge < -0.3 is 10.2 Å². The van der Waals surface area contributed by atoms with Gasteiger partial charge in [0.15, 0.2) is 0 Å². The predicted molar refractivity (Wildman–Crippen MR) is 111 cm³/mol. The van der Waals surface area contributed by atoms with Crippen LogP contribution >= 0.6 is 0 Å². The first-order valence-corrected chi connectivity index (χ1v) is 10.7. The summed E-state index contributed by atoms with van der Waals surface area (Å²) in [6.45, 7) is 3.81. The lowest BCUT2D eigenvalue weighted by atomic mass is 9.92. The SMILES string of the molecule is Cc1cc2c(NCCN(C)C3CCCCC3)c3c(nc2cc1F)CCCC3. The molecule has 2 aliphatic rings. The number of anilines is 1. The van der Waals surface area contributed by atoms with E-state index in [1.807, 2.05) is 13.0 Å². The van der Waals surface area contributed by atoms with Crippen LogP contribution in [0.3, 0.4) is 0 Å². The van der Waals surface area contributed by atoms with Crippen molar-refractivity contribution in [2.24, 2.45) is 0 Å². The van der Waals surface area contributed by atoms with E-state index in [0.717, 1.165) is 42.9 Å². The fourth-order valence-corrected chi connectivity index (χ4v) is 4.82. The summed E-state index contributed by atoms with van der Waals surface area (Å²) in [5, 5.41) is 4.81. The Morgan fingerprint density at radius 3 is 2.70 bits per heavy atom. The summed E-state index contributed by atoms with van der Waals surface area (Å²) in [6.07, 6.45) is 11.3. The van der Waals surface area contributed by atoms with Gasteiger partial charge in [-0.2, -0.15) is 0 Å². The lowest BCUT2D eigenvalue weighted by molar-refractivity contribution is 0.198. The molecule has 0 amide bonds. The smallest absolute Gasteiger partial charge is 0.128 e. The van der Waals surface area contributed by atoms with E-state index in [-0.39, 0.29) is 5.82 Å². The van der Waals surface area contributed by atoms with Crippen LogP contribution in [-0.4, -0.2) is 36.1 Å². The molecule has 1 aromatic heterocycles. The van der Waals surface area contributed by atoms with Crippen molar-refractivity contribution < 1.29 is 4.39 Å². The molecule has 1 N–H and O–H groups in total. The molecule has 2 aromatic rings. The lowest BCUT2D eigenvalue weighted by Gasteiger charge is -2.31. The van der Waals surface area contributed by atoms with Gasteiger partial charge in [0.25, 0.3) is 0 Å². The number of fused-ring (bicyclic) bond motifs is 2. The number of aryl methyl sites for hydroxylation is 2. The molecule has 1 fully saturated rings. The van der Waals surface area contributed by atoms with Crippen molar-refractivity contribution in [3.63, 3.8) is 0 Å². The van der Waals surface area contributed by atoms with E-state index in [9.17, 15) is 4.39 Å². The van der Waals surface area contributed by atoms with E-state index in [4.69, 9.17) is 4.98 Å². The number of rotatable bonds is 5. The van der Waals surface area contributed by atoms with Gasteiger partial charge in [0.05, 0.1) is 5.52 Å². The van der Waals surface area contributed by atoms with E-state index in [2.05, 4.69) is 17.3 Å². The largest absolute Gasteiger partial charge is 0.383 e. The van der Waals surface area contributed by atoms with Gasteiger partial charge in [-0.3, -0.25) is 4.98 Å². The number of likely N-dealkylation sites (N-methyl/N-ethyl adjacent to an activating group) is 1. The summed E-state index contributed by atoms with van der Waals surface area (Å²) in [6, 6.07) is 4.32. The Labute approximate surface area is 162 Å². The zero-order valence-corrected chi connectivity index (χ0v) is 16.8. The minimum Gasteiger partial charge on any atom is -0.383 e. The van der Waals surface area contributed by atoms with Crippen LogP contribution in [0, 0.1) is 12.7 Å². The molecule has 0 bridgehead atoms. The molecule has 3 nitrogen and oxygen atoms in total. The van der Waals surface area contributed by atoms with Gasteiger partial charge in [-0.25, -0.2) is 4.39 Å². The summed E-state index contributed by atoms with van der Waals surface area (Å²) in [5.41, 5.74) is 5.22. The Bertz CT molecular complexity index is 811. The third-order valence-corrected chi connectivity index (χ3v) is 6.51. The third-order valence-electron chi connectivity index (χ3n) is 6.51. The number of benzene rings is 1. The van der Waals surface area contributed by atoms with Gasteiger partial charge in [0, 0.05) is 42.0 Å². The van der Waals surface area contributed by atoms with Gasteiger partial charge >= 0.3 is 0 Å². The summed E-state index contributed by atoms with van der Waals surface area (Å²) < 4.78 is 14.1. The number of hydrogen-bond acceptors (Lipinski definition) is 3. The van der Waals surface area contributed by atoms with Gasteiger partial charge in [0.1, 0.15) is 5.82 Å². The molecule has 1 saturated carbocycles. The predicted octanol–water partition coefficient (Wildman–Crippen LogP) is 5.24. The van der Waals surface area contributed by atoms with Crippen molar-refractivity contribution >= 4 is 16.6 Å². The molecular formula is C23H32FN3. The zero-order valence-electron chi connectivity index (χ0n) is 16.8. The average Bonchev–Trinajstić information content (AvgIpc) is 2.69. The Hall–Kier alpha value is -1.68. The van der Waals surface area contributed by atoms with Crippen molar-refractivity contribution in [1.82, 2.24) is 9.88 Å². The summed E-state index contributed by atoms with van der Waals surface area (Å²) in [5.74, 6) is -0.159. The fraction of sp³-hybridized carbons (Fsp3) is 0.609. The number of pyridine rings is 1. The van der Waals surface area contributed by atoms with Gasteiger partial charge in [0.2, 0.25) is 0 Å². The number of halogens is 1. The van der Waals surface area contributed by atoms with Crippen LogP contribution < -0.4 is 5.32 Å². The molecule has 0 unspecified atom stereocenters. The highest BCUT2D eigenvalue weighted by Gasteiger charge is 2.20. The molecular weight excluding hydrogens is 337 g/mol. The molecule has 2 aliphatic carbocycles. The minimum atomic E-state index is -0.159. The number of nitrogens with zero attached hydrogens (tertiary/aromatic N) is 2. The molecule has 4 heteroatoms. The van der Waals surface area contributed by atoms with Gasteiger partial charge in [-0.05, 0) is 69.7 Å². The molecule has 0 spiro atoms. The monoisotopic (exact) mass is 369 g/mol. The quantitative estimate of drug-likeness (QED) is 0.781. The summed E-state index contributed by atoms with van der Waals surface area (Å²) in [4.78, 5) is 7.33. The minimum absolute atomic E-state index is 0.159. The van der Waals surface area contributed by atoms with Crippen molar-refractivity contribution in [2.45, 2.75) is 70.8 Å². The molecule has 0 atom stereocenters. The third kappa shape index (κ3) is 3.96. The molecule has 4 rings (SSSR count). The van der Waals surface area contributed by atoms with Crippen molar-refractivity contribution in [1.29, 1.82) is 0 Å². The first-order chi connectivity index (χ1) is 13.1. The van der Waals surface area contributed by atoms with E-state index in [1.165, 1.54) is 61.9 Å². The zero-order chi connectivity index (χ0) is 18.8. The highest BCUT2D eigenvalue weighted by atomic mass is 19.1. The fourth-order valence-electron chi connectivity index (χ4n) is 4.82.